The lowest BCUT2D eigenvalue weighted by Crippen LogP contribution is -2.13. The van der Waals surface area contributed by atoms with Crippen molar-refractivity contribution in [2.45, 2.75) is 19.3 Å². The third-order valence-electron chi connectivity index (χ3n) is 2.46. The van der Waals surface area contributed by atoms with Gasteiger partial charge in [0.2, 0.25) is 5.91 Å². The number of amides is 1. The van der Waals surface area contributed by atoms with Gasteiger partial charge in [-0.15, -0.1) is 0 Å². The quantitative estimate of drug-likeness (QED) is 0.776. The van der Waals surface area contributed by atoms with Crippen molar-refractivity contribution in [2.24, 2.45) is 5.92 Å². The lowest BCUT2D eigenvalue weighted by atomic mass is 10.2. The summed E-state index contributed by atoms with van der Waals surface area (Å²) in [6.07, 6.45) is 2.94. The predicted molar refractivity (Wildman–Crippen MR) is 61.8 cm³/mol. The van der Waals surface area contributed by atoms with Gasteiger partial charge in [-0.1, -0.05) is 11.6 Å². The molecule has 2 rings (SSSR count). The van der Waals surface area contributed by atoms with Gasteiger partial charge in [0.05, 0.1) is 11.4 Å². The zero-order chi connectivity index (χ0) is 10.8. The Morgan fingerprint density at radius 3 is 2.87 bits per heavy atom. The van der Waals surface area contributed by atoms with Gasteiger partial charge in [0.25, 0.3) is 0 Å². The Morgan fingerprint density at radius 1 is 1.53 bits per heavy atom. The van der Waals surface area contributed by atoms with Crippen LogP contribution in [0.15, 0.2) is 18.2 Å². The molecular weight excluding hydrogens is 212 g/mol. The highest BCUT2D eigenvalue weighted by Crippen LogP contribution is 2.33. The van der Waals surface area contributed by atoms with Crippen LogP contribution < -0.4 is 11.1 Å². The summed E-state index contributed by atoms with van der Waals surface area (Å²) in [6, 6.07) is 5.07. The van der Waals surface area contributed by atoms with E-state index in [9.17, 15) is 4.79 Å². The highest BCUT2D eigenvalue weighted by Gasteiger charge is 2.24. The van der Waals surface area contributed by atoms with Gasteiger partial charge in [-0.3, -0.25) is 4.79 Å². The highest BCUT2D eigenvalue weighted by atomic mass is 35.5. The van der Waals surface area contributed by atoms with Crippen molar-refractivity contribution in [1.82, 2.24) is 0 Å². The Labute approximate surface area is 93.6 Å². The molecule has 1 amide bonds. The Morgan fingerprint density at radius 2 is 2.27 bits per heavy atom. The predicted octanol–water partition coefficient (Wildman–Crippen LogP) is 2.66. The third-order valence-corrected chi connectivity index (χ3v) is 2.69. The Kier molecular flexibility index (Phi) is 2.82. The number of hydrogen-bond donors (Lipinski definition) is 2. The number of hydrogen-bond acceptors (Lipinski definition) is 2. The van der Waals surface area contributed by atoms with E-state index in [1.165, 1.54) is 12.8 Å². The molecule has 0 radical (unpaired) electrons. The van der Waals surface area contributed by atoms with Crippen molar-refractivity contribution >= 4 is 28.9 Å². The van der Waals surface area contributed by atoms with E-state index in [4.69, 9.17) is 17.3 Å². The topological polar surface area (TPSA) is 55.1 Å². The molecule has 1 saturated carbocycles. The first-order valence-electron chi connectivity index (χ1n) is 5.00. The van der Waals surface area contributed by atoms with E-state index in [1.807, 2.05) is 0 Å². The second-order valence-electron chi connectivity index (χ2n) is 3.93. The molecule has 0 saturated heterocycles. The molecule has 1 aromatic rings. The van der Waals surface area contributed by atoms with Crippen molar-refractivity contribution in [1.29, 1.82) is 0 Å². The number of benzene rings is 1. The van der Waals surface area contributed by atoms with Crippen LogP contribution >= 0.6 is 11.6 Å². The minimum Gasteiger partial charge on any atom is -0.397 e. The molecule has 1 aliphatic carbocycles. The number of nitrogens with two attached hydrogens (primary N) is 1. The Bertz CT molecular complexity index is 388. The van der Waals surface area contributed by atoms with E-state index in [-0.39, 0.29) is 5.91 Å². The molecule has 1 aromatic carbocycles. The minimum absolute atomic E-state index is 0.0338. The fourth-order valence-corrected chi connectivity index (χ4v) is 1.61. The highest BCUT2D eigenvalue weighted by molar-refractivity contribution is 6.31. The fourth-order valence-electron chi connectivity index (χ4n) is 1.43. The number of nitrogens with one attached hydrogen (secondary N) is 1. The molecule has 0 spiro atoms. The zero-order valence-corrected chi connectivity index (χ0v) is 9.05. The van der Waals surface area contributed by atoms with E-state index in [1.54, 1.807) is 18.2 Å². The van der Waals surface area contributed by atoms with Crippen LogP contribution in [0.25, 0.3) is 0 Å². The van der Waals surface area contributed by atoms with Gasteiger partial charge >= 0.3 is 0 Å². The third kappa shape index (κ3) is 2.86. The maximum absolute atomic E-state index is 11.5. The molecule has 3 N–H and O–H groups in total. The summed E-state index contributed by atoms with van der Waals surface area (Å²) in [6.45, 7) is 0. The van der Waals surface area contributed by atoms with E-state index in [0.717, 1.165) is 0 Å². The zero-order valence-electron chi connectivity index (χ0n) is 8.29. The second kappa shape index (κ2) is 4.11. The molecule has 80 valence electrons. The smallest absolute Gasteiger partial charge is 0.224 e. The number of carbonyl (C=O) groups is 1. The van der Waals surface area contributed by atoms with Crippen LogP contribution in [0.2, 0.25) is 5.02 Å². The van der Waals surface area contributed by atoms with E-state index >= 15 is 0 Å². The van der Waals surface area contributed by atoms with Gasteiger partial charge in [-0.25, -0.2) is 0 Å². The van der Waals surface area contributed by atoms with Gasteiger partial charge in [-0.2, -0.15) is 0 Å². The first-order chi connectivity index (χ1) is 7.15. The van der Waals surface area contributed by atoms with E-state index in [0.29, 0.717) is 28.7 Å². The van der Waals surface area contributed by atoms with Gasteiger partial charge in [-0.05, 0) is 37.0 Å². The lowest BCUT2D eigenvalue weighted by Gasteiger charge is -2.07. The van der Waals surface area contributed by atoms with Crippen LogP contribution in [0.4, 0.5) is 11.4 Å². The molecule has 3 nitrogen and oxygen atoms in total. The molecule has 0 unspecified atom stereocenters. The summed E-state index contributed by atoms with van der Waals surface area (Å²) in [5.74, 6) is 0.616. The molecule has 0 bridgehead atoms. The molecule has 0 atom stereocenters. The van der Waals surface area contributed by atoms with Crippen LogP contribution in [0.1, 0.15) is 19.3 Å². The molecule has 15 heavy (non-hydrogen) atoms. The molecular formula is C11H13ClN2O. The number of halogens is 1. The average molecular weight is 225 g/mol. The summed E-state index contributed by atoms with van der Waals surface area (Å²) in [4.78, 5) is 11.5. The van der Waals surface area contributed by atoms with Crippen LogP contribution in [0.3, 0.4) is 0 Å². The number of anilines is 2. The van der Waals surface area contributed by atoms with Crippen molar-refractivity contribution in [3.05, 3.63) is 23.2 Å². The minimum atomic E-state index is 0.0338. The van der Waals surface area contributed by atoms with Crippen LogP contribution in [0, 0.1) is 5.92 Å². The molecule has 1 fully saturated rings. The van der Waals surface area contributed by atoms with Crippen molar-refractivity contribution in [3.63, 3.8) is 0 Å². The maximum atomic E-state index is 11.5. The fraction of sp³-hybridized carbons (Fsp3) is 0.364. The average Bonchev–Trinajstić information content (AvgIpc) is 2.94. The maximum Gasteiger partial charge on any atom is 0.224 e. The SMILES string of the molecule is Nc1cc(Cl)ccc1NC(=O)CC1CC1. The summed E-state index contributed by atoms with van der Waals surface area (Å²) >= 11 is 5.76. The standard InChI is InChI=1S/C11H13ClN2O/c12-8-3-4-10(9(13)6-8)14-11(15)5-7-1-2-7/h3-4,6-7H,1-2,5,13H2,(H,14,15). The molecule has 0 aromatic heterocycles. The van der Waals surface area contributed by atoms with Crippen LogP contribution in [0.5, 0.6) is 0 Å². The summed E-state index contributed by atoms with van der Waals surface area (Å²) in [5.41, 5.74) is 6.87. The van der Waals surface area contributed by atoms with Crippen molar-refractivity contribution in [3.8, 4) is 0 Å². The Hall–Kier alpha value is -1.22. The van der Waals surface area contributed by atoms with Crippen molar-refractivity contribution < 1.29 is 4.79 Å². The Balaban J connectivity index is 1.99. The van der Waals surface area contributed by atoms with Gasteiger partial charge in [0.1, 0.15) is 0 Å². The number of rotatable bonds is 3. The second-order valence-corrected chi connectivity index (χ2v) is 4.36. The lowest BCUT2D eigenvalue weighted by molar-refractivity contribution is -0.116. The van der Waals surface area contributed by atoms with Crippen LogP contribution in [-0.2, 0) is 4.79 Å². The molecule has 1 aliphatic rings. The summed E-state index contributed by atoms with van der Waals surface area (Å²) in [7, 11) is 0. The first-order valence-corrected chi connectivity index (χ1v) is 5.38. The van der Waals surface area contributed by atoms with Gasteiger partial charge < -0.3 is 11.1 Å². The molecule has 4 heteroatoms. The van der Waals surface area contributed by atoms with E-state index in [2.05, 4.69) is 5.32 Å². The summed E-state index contributed by atoms with van der Waals surface area (Å²) in [5, 5.41) is 3.36. The van der Waals surface area contributed by atoms with Crippen molar-refractivity contribution in [2.75, 3.05) is 11.1 Å². The number of nitrogen functional groups attached to an aromatic ring is 1. The van der Waals surface area contributed by atoms with E-state index < -0.39 is 0 Å². The van der Waals surface area contributed by atoms with Gasteiger partial charge in [0, 0.05) is 11.4 Å². The van der Waals surface area contributed by atoms with Crippen LogP contribution in [-0.4, -0.2) is 5.91 Å². The first kappa shape index (κ1) is 10.3. The van der Waals surface area contributed by atoms with Gasteiger partial charge in [0.15, 0.2) is 0 Å². The molecule has 0 aliphatic heterocycles. The summed E-state index contributed by atoms with van der Waals surface area (Å²) < 4.78 is 0. The normalized spacial score (nSPS) is 15.0. The molecule has 0 heterocycles. The number of carbonyl (C=O) groups excluding carboxylic acids is 1. The largest absolute Gasteiger partial charge is 0.397 e. The monoisotopic (exact) mass is 224 g/mol.